The predicted octanol–water partition coefficient (Wildman–Crippen LogP) is 4.04. The summed E-state index contributed by atoms with van der Waals surface area (Å²) in [6, 6.07) is 17.8. The van der Waals surface area contributed by atoms with Crippen LogP contribution in [-0.4, -0.2) is 28.7 Å². The number of benzene rings is 2. The molecule has 0 fully saturated rings. The van der Waals surface area contributed by atoms with Gasteiger partial charge in [-0.15, -0.1) is 0 Å². The lowest BCUT2D eigenvalue weighted by atomic mass is 9.85. The molecule has 3 aromatic rings. The van der Waals surface area contributed by atoms with Crippen molar-refractivity contribution in [3.05, 3.63) is 77.6 Å². The molecule has 3 heteroatoms. The average molecular weight is 303 g/mol. The second-order valence-electron chi connectivity index (χ2n) is 6.39. The zero-order valence-corrected chi connectivity index (χ0v) is 13.4. The summed E-state index contributed by atoms with van der Waals surface area (Å²) in [6.45, 7) is 2.12. The van der Waals surface area contributed by atoms with Crippen LogP contribution in [0.5, 0.6) is 0 Å². The van der Waals surface area contributed by atoms with Crippen molar-refractivity contribution >= 4 is 0 Å². The number of hydrogen-bond acceptors (Lipinski definition) is 2. The highest BCUT2D eigenvalue weighted by Crippen LogP contribution is 2.35. The average Bonchev–Trinajstić information content (AvgIpc) is 3.06. The van der Waals surface area contributed by atoms with Crippen molar-refractivity contribution in [2.24, 2.45) is 0 Å². The maximum absolute atomic E-state index is 4.07. The van der Waals surface area contributed by atoms with Gasteiger partial charge < -0.3 is 4.90 Å². The number of hydrogen-bond donors (Lipinski definition) is 1. The van der Waals surface area contributed by atoms with Gasteiger partial charge in [-0.2, -0.15) is 5.10 Å². The van der Waals surface area contributed by atoms with E-state index in [-0.39, 0.29) is 0 Å². The van der Waals surface area contributed by atoms with Gasteiger partial charge in [0.25, 0.3) is 0 Å². The fourth-order valence-corrected chi connectivity index (χ4v) is 3.58. The van der Waals surface area contributed by atoms with Gasteiger partial charge in [0, 0.05) is 24.2 Å². The Kier molecular flexibility index (Phi) is 3.72. The minimum Gasteiger partial charge on any atom is -0.302 e. The molecule has 0 saturated carbocycles. The summed E-state index contributed by atoms with van der Waals surface area (Å²) >= 11 is 0. The molecule has 0 saturated heterocycles. The highest BCUT2D eigenvalue weighted by molar-refractivity contribution is 5.64. The van der Waals surface area contributed by atoms with Crippen LogP contribution in [0.25, 0.3) is 11.1 Å². The first-order valence-electron chi connectivity index (χ1n) is 8.17. The number of fused-ring (bicyclic) bond motifs is 1. The molecule has 1 aromatic heterocycles. The van der Waals surface area contributed by atoms with Crippen molar-refractivity contribution in [1.29, 1.82) is 0 Å². The number of nitrogens with one attached hydrogen (secondary N) is 1. The summed E-state index contributed by atoms with van der Waals surface area (Å²) in [5, 5.41) is 6.97. The Morgan fingerprint density at radius 2 is 1.96 bits per heavy atom. The molecule has 1 unspecified atom stereocenters. The molecule has 4 rings (SSSR count). The minimum atomic E-state index is 0.481. The molecule has 116 valence electrons. The normalized spacial score (nSPS) is 18.4. The lowest BCUT2D eigenvalue weighted by molar-refractivity contribution is 0.328. The fourth-order valence-electron chi connectivity index (χ4n) is 3.58. The molecular formula is C20H21N3. The number of aromatic amines is 1. The lowest BCUT2D eigenvalue weighted by Crippen LogP contribution is -2.17. The van der Waals surface area contributed by atoms with Crippen LogP contribution in [0.4, 0.5) is 0 Å². The summed E-state index contributed by atoms with van der Waals surface area (Å²) in [7, 11) is 2.21. The van der Waals surface area contributed by atoms with Gasteiger partial charge in [0.1, 0.15) is 0 Å². The third-order valence-corrected chi connectivity index (χ3v) is 4.79. The van der Waals surface area contributed by atoms with Gasteiger partial charge in [0.2, 0.25) is 0 Å². The van der Waals surface area contributed by atoms with Crippen molar-refractivity contribution in [3.8, 4) is 11.1 Å². The molecule has 0 amide bonds. The van der Waals surface area contributed by atoms with Crippen LogP contribution in [-0.2, 0) is 6.54 Å². The first kappa shape index (κ1) is 14.2. The Hall–Kier alpha value is -2.39. The van der Waals surface area contributed by atoms with Crippen LogP contribution in [0.1, 0.15) is 29.0 Å². The van der Waals surface area contributed by atoms with Crippen molar-refractivity contribution in [1.82, 2.24) is 15.1 Å². The third kappa shape index (κ3) is 2.80. The second kappa shape index (κ2) is 6.01. The van der Waals surface area contributed by atoms with E-state index < -0.39 is 0 Å². The monoisotopic (exact) mass is 303 g/mol. The largest absolute Gasteiger partial charge is 0.302 e. The zero-order valence-electron chi connectivity index (χ0n) is 13.4. The van der Waals surface area contributed by atoms with E-state index >= 15 is 0 Å². The Morgan fingerprint density at radius 3 is 2.74 bits per heavy atom. The van der Waals surface area contributed by atoms with E-state index in [4.69, 9.17) is 0 Å². The minimum absolute atomic E-state index is 0.481. The molecule has 3 nitrogen and oxygen atoms in total. The standard InChI is InChI=1S/C20H21N3/c1-23-10-9-20(15-5-3-2-4-6-15)19-8-7-16(11-17(19)14-23)18-12-21-22-13-18/h2-8,11-13,20H,9-10,14H2,1H3,(H,21,22). The van der Waals surface area contributed by atoms with Crippen molar-refractivity contribution in [2.75, 3.05) is 13.6 Å². The molecule has 0 radical (unpaired) electrons. The molecule has 1 N–H and O–H groups in total. The van der Waals surface area contributed by atoms with E-state index in [0.717, 1.165) is 18.7 Å². The Morgan fingerprint density at radius 1 is 1.09 bits per heavy atom. The first-order valence-corrected chi connectivity index (χ1v) is 8.17. The first-order chi connectivity index (χ1) is 11.3. The van der Waals surface area contributed by atoms with Gasteiger partial charge in [-0.05, 0) is 48.3 Å². The number of rotatable bonds is 2. The molecule has 0 bridgehead atoms. The predicted molar refractivity (Wildman–Crippen MR) is 93.3 cm³/mol. The van der Waals surface area contributed by atoms with E-state index in [9.17, 15) is 0 Å². The van der Waals surface area contributed by atoms with Crippen molar-refractivity contribution in [3.63, 3.8) is 0 Å². The third-order valence-electron chi connectivity index (χ3n) is 4.79. The summed E-state index contributed by atoms with van der Waals surface area (Å²) in [5.74, 6) is 0.481. The van der Waals surface area contributed by atoms with Gasteiger partial charge in [-0.25, -0.2) is 0 Å². The summed E-state index contributed by atoms with van der Waals surface area (Å²) < 4.78 is 0. The van der Waals surface area contributed by atoms with Crippen LogP contribution in [0.2, 0.25) is 0 Å². The van der Waals surface area contributed by atoms with E-state index in [1.165, 1.54) is 28.7 Å². The smallest absolute Gasteiger partial charge is 0.0565 e. The molecule has 2 heterocycles. The maximum atomic E-state index is 4.07. The van der Waals surface area contributed by atoms with Crippen LogP contribution >= 0.6 is 0 Å². The highest BCUT2D eigenvalue weighted by atomic mass is 15.1. The van der Waals surface area contributed by atoms with Gasteiger partial charge in [-0.1, -0.05) is 42.5 Å². The van der Waals surface area contributed by atoms with Gasteiger partial charge >= 0.3 is 0 Å². The highest BCUT2D eigenvalue weighted by Gasteiger charge is 2.22. The Labute approximate surface area is 137 Å². The van der Waals surface area contributed by atoms with Crippen LogP contribution in [0.3, 0.4) is 0 Å². The zero-order chi connectivity index (χ0) is 15.6. The van der Waals surface area contributed by atoms with E-state index in [2.05, 4.69) is 70.7 Å². The van der Waals surface area contributed by atoms with Crippen molar-refractivity contribution < 1.29 is 0 Å². The van der Waals surface area contributed by atoms with Gasteiger partial charge in [0.05, 0.1) is 6.20 Å². The SMILES string of the molecule is CN1CCC(c2ccccc2)c2ccc(-c3cn[nH]c3)cc2C1. The fraction of sp³-hybridized carbons (Fsp3) is 0.250. The molecule has 1 aliphatic rings. The number of nitrogens with zero attached hydrogens (tertiary/aromatic N) is 2. The number of H-pyrrole nitrogens is 1. The summed E-state index contributed by atoms with van der Waals surface area (Å²) in [6.07, 6.45) is 5.01. The van der Waals surface area contributed by atoms with Crippen LogP contribution < -0.4 is 0 Å². The van der Waals surface area contributed by atoms with Crippen LogP contribution in [0.15, 0.2) is 60.9 Å². The van der Waals surface area contributed by atoms with E-state index in [1.54, 1.807) is 0 Å². The molecule has 23 heavy (non-hydrogen) atoms. The lowest BCUT2D eigenvalue weighted by Gasteiger charge is -2.18. The molecule has 2 aromatic carbocycles. The Balaban J connectivity index is 1.79. The molecule has 0 aliphatic carbocycles. The van der Waals surface area contributed by atoms with E-state index in [0.29, 0.717) is 5.92 Å². The van der Waals surface area contributed by atoms with Gasteiger partial charge in [0.15, 0.2) is 0 Å². The van der Waals surface area contributed by atoms with Crippen LogP contribution in [0, 0.1) is 0 Å². The topological polar surface area (TPSA) is 31.9 Å². The summed E-state index contributed by atoms with van der Waals surface area (Å²) in [4.78, 5) is 2.42. The van der Waals surface area contributed by atoms with E-state index in [1.807, 2.05) is 12.4 Å². The molecule has 0 spiro atoms. The molecular weight excluding hydrogens is 282 g/mol. The van der Waals surface area contributed by atoms with Crippen molar-refractivity contribution in [2.45, 2.75) is 18.9 Å². The Bertz CT molecular complexity index is 778. The molecule has 1 atom stereocenters. The van der Waals surface area contributed by atoms with Gasteiger partial charge in [-0.3, -0.25) is 5.10 Å². The number of aromatic nitrogens is 2. The quantitative estimate of drug-likeness (QED) is 0.774. The second-order valence-corrected chi connectivity index (χ2v) is 6.39. The molecule has 1 aliphatic heterocycles. The summed E-state index contributed by atoms with van der Waals surface area (Å²) in [5.41, 5.74) is 6.70. The maximum Gasteiger partial charge on any atom is 0.0565 e.